The summed E-state index contributed by atoms with van der Waals surface area (Å²) in [5, 5.41) is 2.94. The third kappa shape index (κ3) is 4.53. The zero-order valence-electron chi connectivity index (χ0n) is 12.5. The Kier molecular flexibility index (Phi) is 5.02. The van der Waals surface area contributed by atoms with Crippen molar-refractivity contribution < 1.29 is 8.42 Å². The van der Waals surface area contributed by atoms with Gasteiger partial charge in [-0.15, -0.1) is 0 Å². The smallest absolute Gasteiger partial charge is 0.154 e. The lowest BCUT2D eigenvalue weighted by Crippen LogP contribution is -2.24. The molecule has 0 aromatic heterocycles. The molecule has 4 heteroatoms. The van der Waals surface area contributed by atoms with E-state index >= 15 is 0 Å². The second-order valence-electron chi connectivity index (χ2n) is 6.14. The molecule has 0 aliphatic rings. The molecule has 0 bridgehead atoms. The Hall–Kier alpha value is -1.03. The molecule has 0 saturated heterocycles. The molecule has 1 rings (SSSR count). The zero-order valence-corrected chi connectivity index (χ0v) is 13.3. The molecule has 0 atom stereocenters. The van der Waals surface area contributed by atoms with Crippen LogP contribution in [0.3, 0.4) is 0 Å². The summed E-state index contributed by atoms with van der Waals surface area (Å²) in [7, 11) is -2.98. The molecule has 0 aliphatic carbocycles. The maximum Gasteiger partial charge on any atom is 0.154 e. The molecule has 0 spiro atoms. The monoisotopic (exact) mass is 283 g/mol. The van der Waals surface area contributed by atoms with Crippen LogP contribution in [0.1, 0.15) is 40.2 Å². The SMILES string of the molecule is CC(C)S(=O)(=O)CCNc1ccccc1C(C)(C)C. The number of nitrogens with one attached hydrogen (secondary N) is 1. The van der Waals surface area contributed by atoms with Crippen LogP contribution in [0.2, 0.25) is 0 Å². The van der Waals surface area contributed by atoms with Gasteiger partial charge in [-0.3, -0.25) is 0 Å². The summed E-state index contributed by atoms with van der Waals surface area (Å²) >= 11 is 0. The molecule has 0 aliphatic heterocycles. The topological polar surface area (TPSA) is 46.2 Å². The summed E-state index contributed by atoms with van der Waals surface area (Å²) in [6, 6.07) is 8.06. The van der Waals surface area contributed by atoms with E-state index in [1.807, 2.05) is 18.2 Å². The fourth-order valence-corrected chi connectivity index (χ4v) is 2.71. The number of hydrogen-bond acceptors (Lipinski definition) is 3. The molecule has 3 nitrogen and oxygen atoms in total. The van der Waals surface area contributed by atoms with Crippen LogP contribution in [0.4, 0.5) is 5.69 Å². The molecule has 0 amide bonds. The Bertz CT molecular complexity index is 513. The molecule has 0 saturated carbocycles. The molecule has 0 radical (unpaired) electrons. The minimum atomic E-state index is -2.98. The van der Waals surface area contributed by atoms with Crippen LogP contribution in [0.5, 0.6) is 0 Å². The average molecular weight is 283 g/mol. The highest BCUT2D eigenvalue weighted by atomic mass is 32.2. The molecular formula is C15H25NO2S. The van der Waals surface area contributed by atoms with Crippen LogP contribution in [-0.2, 0) is 15.3 Å². The fraction of sp³-hybridized carbons (Fsp3) is 0.600. The van der Waals surface area contributed by atoms with E-state index in [1.54, 1.807) is 13.8 Å². The average Bonchev–Trinajstić information content (AvgIpc) is 2.27. The first-order valence-corrected chi connectivity index (χ1v) is 8.41. The van der Waals surface area contributed by atoms with Gasteiger partial charge in [-0.1, -0.05) is 39.0 Å². The van der Waals surface area contributed by atoms with Crippen molar-refractivity contribution in [2.45, 2.75) is 45.3 Å². The summed E-state index contributed by atoms with van der Waals surface area (Å²) < 4.78 is 23.5. The normalized spacial score (nSPS) is 12.7. The van der Waals surface area contributed by atoms with E-state index in [9.17, 15) is 8.42 Å². The van der Waals surface area contributed by atoms with Crippen LogP contribution in [0.15, 0.2) is 24.3 Å². The highest BCUT2D eigenvalue weighted by molar-refractivity contribution is 7.92. The Morgan fingerprint density at radius 3 is 2.26 bits per heavy atom. The van der Waals surface area contributed by atoms with Gasteiger partial charge in [0.05, 0.1) is 11.0 Å². The van der Waals surface area contributed by atoms with Gasteiger partial charge in [0.15, 0.2) is 9.84 Å². The van der Waals surface area contributed by atoms with Gasteiger partial charge in [-0.05, 0) is 30.9 Å². The quantitative estimate of drug-likeness (QED) is 0.902. The molecule has 0 unspecified atom stereocenters. The van der Waals surface area contributed by atoms with Crippen molar-refractivity contribution in [3.63, 3.8) is 0 Å². The highest BCUT2D eigenvalue weighted by Gasteiger charge is 2.18. The van der Waals surface area contributed by atoms with Gasteiger partial charge in [0.2, 0.25) is 0 Å². The Balaban J connectivity index is 2.75. The molecule has 1 N–H and O–H groups in total. The summed E-state index contributed by atoms with van der Waals surface area (Å²) in [6.45, 7) is 10.3. The van der Waals surface area contributed by atoms with Crippen LogP contribution < -0.4 is 5.32 Å². The maximum atomic E-state index is 11.8. The lowest BCUT2D eigenvalue weighted by molar-refractivity contribution is 0.587. The third-order valence-corrected chi connectivity index (χ3v) is 5.36. The van der Waals surface area contributed by atoms with Crippen molar-refractivity contribution in [3.8, 4) is 0 Å². The van der Waals surface area contributed by atoms with Crippen molar-refractivity contribution in [2.24, 2.45) is 0 Å². The Morgan fingerprint density at radius 2 is 1.74 bits per heavy atom. The van der Waals surface area contributed by atoms with E-state index in [0.29, 0.717) is 6.54 Å². The summed E-state index contributed by atoms with van der Waals surface area (Å²) in [5.74, 6) is 0.170. The standard InChI is InChI=1S/C15H25NO2S/c1-12(2)19(17,18)11-10-16-14-9-7-6-8-13(14)15(3,4)5/h6-9,12,16H,10-11H2,1-5H3. The molecule has 108 valence electrons. The van der Waals surface area contributed by atoms with Gasteiger partial charge in [0, 0.05) is 12.2 Å². The third-order valence-electron chi connectivity index (χ3n) is 3.16. The maximum absolute atomic E-state index is 11.8. The van der Waals surface area contributed by atoms with Crippen LogP contribution >= 0.6 is 0 Å². The lowest BCUT2D eigenvalue weighted by Gasteiger charge is -2.23. The predicted octanol–water partition coefficient (Wildman–Crippen LogP) is 3.22. The number of sulfone groups is 1. The van der Waals surface area contributed by atoms with E-state index in [4.69, 9.17) is 0 Å². The highest BCUT2D eigenvalue weighted by Crippen LogP contribution is 2.29. The molecule has 1 aromatic rings. The van der Waals surface area contributed by atoms with Crippen LogP contribution in [0, 0.1) is 0 Å². The van der Waals surface area contributed by atoms with E-state index in [1.165, 1.54) is 5.56 Å². The second kappa shape index (κ2) is 5.95. The van der Waals surface area contributed by atoms with E-state index < -0.39 is 9.84 Å². The van der Waals surface area contributed by atoms with Gasteiger partial charge in [-0.25, -0.2) is 8.42 Å². The minimum absolute atomic E-state index is 0.0422. The predicted molar refractivity (Wildman–Crippen MR) is 82.6 cm³/mol. The van der Waals surface area contributed by atoms with E-state index in [2.05, 4.69) is 32.2 Å². The van der Waals surface area contributed by atoms with Gasteiger partial charge in [-0.2, -0.15) is 0 Å². The molecule has 0 fully saturated rings. The Morgan fingerprint density at radius 1 is 1.16 bits per heavy atom. The molecule has 1 aromatic carbocycles. The Labute approximate surface area is 117 Å². The van der Waals surface area contributed by atoms with Crippen LogP contribution in [-0.4, -0.2) is 26.0 Å². The summed E-state index contributed by atoms with van der Waals surface area (Å²) in [4.78, 5) is 0. The molecule has 0 heterocycles. The lowest BCUT2D eigenvalue weighted by atomic mass is 9.86. The van der Waals surface area contributed by atoms with Crippen LogP contribution in [0.25, 0.3) is 0 Å². The first-order chi connectivity index (χ1) is 8.64. The van der Waals surface area contributed by atoms with Crippen molar-refractivity contribution in [3.05, 3.63) is 29.8 Å². The van der Waals surface area contributed by atoms with Crippen molar-refractivity contribution in [1.82, 2.24) is 0 Å². The van der Waals surface area contributed by atoms with Gasteiger partial charge in [0.1, 0.15) is 0 Å². The van der Waals surface area contributed by atoms with Gasteiger partial charge < -0.3 is 5.32 Å². The largest absolute Gasteiger partial charge is 0.384 e. The minimum Gasteiger partial charge on any atom is -0.384 e. The van der Waals surface area contributed by atoms with E-state index in [0.717, 1.165) is 5.69 Å². The number of rotatable bonds is 5. The number of para-hydroxylation sites is 1. The summed E-state index contributed by atoms with van der Waals surface area (Å²) in [5.41, 5.74) is 2.27. The number of benzene rings is 1. The van der Waals surface area contributed by atoms with Crippen molar-refractivity contribution in [2.75, 3.05) is 17.6 Å². The number of hydrogen-bond donors (Lipinski definition) is 1. The zero-order chi connectivity index (χ0) is 14.7. The fourth-order valence-electron chi connectivity index (χ4n) is 1.85. The summed E-state index contributed by atoms with van der Waals surface area (Å²) in [6.07, 6.45) is 0. The van der Waals surface area contributed by atoms with Crippen molar-refractivity contribution >= 4 is 15.5 Å². The number of anilines is 1. The van der Waals surface area contributed by atoms with Crippen molar-refractivity contribution in [1.29, 1.82) is 0 Å². The van der Waals surface area contributed by atoms with E-state index in [-0.39, 0.29) is 16.4 Å². The molecule has 19 heavy (non-hydrogen) atoms. The second-order valence-corrected chi connectivity index (χ2v) is 8.81. The first-order valence-electron chi connectivity index (χ1n) is 6.69. The first kappa shape index (κ1) is 16.0. The van der Waals surface area contributed by atoms with Gasteiger partial charge >= 0.3 is 0 Å². The molecular weight excluding hydrogens is 258 g/mol. The van der Waals surface area contributed by atoms with Gasteiger partial charge in [0.25, 0.3) is 0 Å².